The molecular formula is C26H39NO3SSi. The molecule has 4 nitrogen and oxygen atoms in total. The van der Waals surface area contributed by atoms with Gasteiger partial charge >= 0.3 is 5.97 Å². The van der Waals surface area contributed by atoms with Crippen molar-refractivity contribution in [2.75, 3.05) is 12.4 Å². The molecule has 0 radical (unpaired) electrons. The molecular weight excluding hydrogens is 434 g/mol. The molecule has 0 spiro atoms. The van der Waals surface area contributed by atoms with Gasteiger partial charge in [0.25, 0.3) is 0 Å². The van der Waals surface area contributed by atoms with E-state index in [1.54, 1.807) is 6.08 Å². The van der Waals surface area contributed by atoms with E-state index in [1.165, 1.54) is 10.6 Å². The van der Waals surface area contributed by atoms with Crippen LogP contribution < -0.4 is 0 Å². The number of carbonyl (C=O) groups is 1. The van der Waals surface area contributed by atoms with E-state index in [9.17, 15) is 4.79 Å². The van der Waals surface area contributed by atoms with Gasteiger partial charge < -0.3 is 9.16 Å². The summed E-state index contributed by atoms with van der Waals surface area (Å²) in [5.74, 6) is 1.08. The van der Waals surface area contributed by atoms with Gasteiger partial charge in [-0.1, -0.05) is 45.0 Å². The molecule has 6 heteroatoms. The highest BCUT2D eigenvalue weighted by Gasteiger charge is 2.51. The normalized spacial score (nSPS) is 23.6. The van der Waals surface area contributed by atoms with Crippen molar-refractivity contribution in [3.05, 3.63) is 42.0 Å². The number of rotatable bonds is 6. The molecule has 0 saturated carbocycles. The van der Waals surface area contributed by atoms with Crippen LogP contribution in [0.25, 0.3) is 0 Å². The number of hydrogen-bond donors (Lipinski definition) is 0. The van der Waals surface area contributed by atoms with Crippen molar-refractivity contribution in [1.82, 2.24) is 0 Å². The molecule has 1 saturated heterocycles. The zero-order valence-corrected chi connectivity index (χ0v) is 22.8. The maximum atomic E-state index is 12.3. The van der Waals surface area contributed by atoms with Gasteiger partial charge in [-0.15, -0.1) is 11.8 Å². The van der Waals surface area contributed by atoms with Crippen molar-refractivity contribution >= 4 is 36.8 Å². The van der Waals surface area contributed by atoms with E-state index in [0.717, 1.165) is 30.9 Å². The number of fused-ring (bicyclic) bond motifs is 3. The van der Waals surface area contributed by atoms with Gasteiger partial charge in [-0.25, -0.2) is 9.79 Å². The first-order valence-electron chi connectivity index (χ1n) is 11.6. The average Bonchev–Trinajstić information content (AvgIpc) is 2.99. The lowest BCUT2D eigenvalue weighted by Gasteiger charge is -2.44. The summed E-state index contributed by atoms with van der Waals surface area (Å²) < 4.78 is 12.2. The van der Waals surface area contributed by atoms with Crippen molar-refractivity contribution in [1.29, 1.82) is 0 Å². The van der Waals surface area contributed by atoms with Gasteiger partial charge in [0.2, 0.25) is 0 Å². The Morgan fingerprint density at radius 1 is 1.22 bits per heavy atom. The Hall–Kier alpha value is -1.37. The van der Waals surface area contributed by atoms with E-state index >= 15 is 0 Å². The Balaban J connectivity index is 1.91. The fourth-order valence-electron chi connectivity index (χ4n) is 4.16. The van der Waals surface area contributed by atoms with Gasteiger partial charge in [-0.2, -0.15) is 0 Å². The summed E-state index contributed by atoms with van der Waals surface area (Å²) >= 11 is 1.86. The van der Waals surface area contributed by atoms with Crippen molar-refractivity contribution in [2.24, 2.45) is 10.9 Å². The quantitative estimate of drug-likeness (QED) is 0.253. The number of thioether (sulfide) groups is 1. The molecule has 2 atom stereocenters. The summed E-state index contributed by atoms with van der Waals surface area (Å²) in [6, 6.07) is 8.46. The van der Waals surface area contributed by atoms with Crippen LogP contribution in [0, 0.1) is 5.92 Å². The summed E-state index contributed by atoms with van der Waals surface area (Å²) in [6.45, 7) is 17.9. The third-order valence-corrected chi connectivity index (χ3v) is 12.6. The smallest absolute Gasteiger partial charge is 0.330 e. The minimum Gasteiger partial charge on any atom is -0.457 e. The number of para-hydroxylation sites is 1. The van der Waals surface area contributed by atoms with Gasteiger partial charge in [0.15, 0.2) is 8.32 Å². The molecule has 2 aliphatic heterocycles. The van der Waals surface area contributed by atoms with Crippen molar-refractivity contribution in [2.45, 2.75) is 83.5 Å². The predicted molar refractivity (Wildman–Crippen MR) is 139 cm³/mol. The van der Waals surface area contributed by atoms with E-state index in [2.05, 4.69) is 58.1 Å². The molecule has 2 heterocycles. The first-order chi connectivity index (χ1) is 14.8. The van der Waals surface area contributed by atoms with Crippen LogP contribution in [-0.2, 0) is 19.4 Å². The SMILES string of the molecule is CC(C)(C)OC(=O)/C=C/C[C@]12C(=Nc3ccccc31)SCC[C@H]2CO[Si](C)(C)C(C)(C)C. The van der Waals surface area contributed by atoms with Crippen LogP contribution in [0.15, 0.2) is 41.4 Å². The minimum atomic E-state index is -1.87. The van der Waals surface area contributed by atoms with Crippen molar-refractivity contribution in [3.8, 4) is 0 Å². The Morgan fingerprint density at radius 3 is 2.56 bits per heavy atom. The first-order valence-corrected chi connectivity index (χ1v) is 15.5. The maximum absolute atomic E-state index is 12.3. The van der Waals surface area contributed by atoms with E-state index < -0.39 is 13.9 Å². The van der Waals surface area contributed by atoms with Gasteiger partial charge in [0, 0.05) is 12.7 Å². The van der Waals surface area contributed by atoms with Crippen LogP contribution in [0.4, 0.5) is 5.69 Å². The second-order valence-corrected chi connectivity index (χ2v) is 17.3. The average molecular weight is 474 g/mol. The summed E-state index contributed by atoms with van der Waals surface area (Å²) in [5, 5.41) is 1.34. The molecule has 0 aromatic heterocycles. The number of carbonyl (C=O) groups excluding carboxylic acids is 1. The van der Waals surface area contributed by atoms with Crippen LogP contribution >= 0.6 is 11.8 Å². The molecule has 2 aliphatic rings. The lowest BCUT2D eigenvalue weighted by atomic mass is 9.68. The Kier molecular flexibility index (Phi) is 7.19. The number of esters is 1. The largest absolute Gasteiger partial charge is 0.457 e. The first kappa shape index (κ1) is 25.3. The van der Waals surface area contributed by atoms with E-state index in [-0.39, 0.29) is 16.4 Å². The van der Waals surface area contributed by atoms with Crippen LogP contribution in [0.2, 0.25) is 18.1 Å². The Labute approximate surface area is 199 Å². The van der Waals surface area contributed by atoms with Crippen molar-refractivity contribution in [3.63, 3.8) is 0 Å². The second-order valence-electron chi connectivity index (χ2n) is 11.5. The van der Waals surface area contributed by atoms with Crippen LogP contribution in [0.1, 0.15) is 59.9 Å². The van der Waals surface area contributed by atoms with Crippen LogP contribution in [-0.4, -0.2) is 37.3 Å². The number of hydrogen-bond acceptors (Lipinski definition) is 5. The van der Waals surface area contributed by atoms with Crippen LogP contribution in [0.3, 0.4) is 0 Å². The number of ether oxygens (including phenoxy) is 1. The molecule has 0 amide bonds. The van der Waals surface area contributed by atoms with Crippen molar-refractivity contribution < 1.29 is 14.0 Å². The topological polar surface area (TPSA) is 47.9 Å². The molecule has 3 rings (SSSR count). The van der Waals surface area contributed by atoms with Gasteiger partial charge in [0.05, 0.1) is 16.1 Å². The minimum absolute atomic E-state index is 0.171. The molecule has 0 bridgehead atoms. The number of aliphatic imine (C=N–C) groups is 1. The van der Waals surface area contributed by atoms with Gasteiger partial charge in [-0.05, 0) is 75.0 Å². The highest BCUT2D eigenvalue weighted by atomic mass is 32.2. The zero-order chi connectivity index (χ0) is 23.8. The summed E-state index contributed by atoms with van der Waals surface area (Å²) in [6.07, 6.45) is 5.37. The second kappa shape index (κ2) is 9.11. The summed E-state index contributed by atoms with van der Waals surface area (Å²) in [5.41, 5.74) is 1.59. The van der Waals surface area contributed by atoms with Gasteiger partial charge in [-0.3, -0.25) is 0 Å². The lowest BCUT2D eigenvalue weighted by molar-refractivity contribution is -0.148. The summed E-state index contributed by atoms with van der Waals surface area (Å²) in [4.78, 5) is 17.4. The van der Waals surface area contributed by atoms with E-state index in [0.29, 0.717) is 5.92 Å². The predicted octanol–water partition coefficient (Wildman–Crippen LogP) is 7.03. The number of nitrogens with zero attached hydrogens (tertiary/aromatic N) is 1. The van der Waals surface area contributed by atoms with E-state index in [4.69, 9.17) is 14.2 Å². The summed E-state index contributed by atoms with van der Waals surface area (Å²) in [7, 11) is -1.87. The zero-order valence-electron chi connectivity index (χ0n) is 21.0. The molecule has 0 unspecified atom stereocenters. The lowest BCUT2D eigenvalue weighted by Crippen LogP contribution is -2.48. The number of benzene rings is 1. The third kappa shape index (κ3) is 5.23. The van der Waals surface area contributed by atoms with Crippen LogP contribution in [0.5, 0.6) is 0 Å². The third-order valence-electron chi connectivity index (χ3n) is 6.94. The highest BCUT2D eigenvalue weighted by Crippen LogP contribution is 2.54. The molecule has 1 fully saturated rings. The Bertz CT molecular complexity index is 910. The molecule has 1 aromatic rings. The molecule has 0 N–H and O–H groups in total. The maximum Gasteiger partial charge on any atom is 0.330 e. The highest BCUT2D eigenvalue weighted by molar-refractivity contribution is 8.14. The van der Waals surface area contributed by atoms with E-state index in [1.807, 2.05) is 38.6 Å². The monoisotopic (exact) mass is 473 g/mol. The standard InChI is InChI=1S/C26H39NO3SSi/c1-24(2,3)30-22(28)14-11-16-26-19(18-29-32(7,8)25(4,5)6)15-17-31-23(26)27-21-13-10-9-12-20(21)26/h9-14,19H,15-18H2,1-8H3/b14-11+/t19-,26+/m0/s1. The molecule has 176 valence electrons. The molecule has 0 aliphatic carbocycles. The fourth-order valence-corrected chi connectivity index (χ4v) is 6.59. The number of allylic oxidation sites excluding steroid dienone is 1. The Morgan fingerprint density at radius 2 is 1.91 bits per heavy atom. The molecule has 1 aromatic carbocycles. The van der Waals surface area contributed by atoms with Gasteiger partial charge in [0.1, 0.15) is 5.60 Å². The molecule has 32 heavy (non-hydrogen) atoms. The fraction of sp³-hybridized carbons (Fsp3) is 0.615.